The molecule has 0 amide bonds. The van der Waals surface area contributed by atoms with Gasteiger partial charge in [0, 0.05) is 26.0 Å². The van der Waals surface area contributed by atoms with Gasteiger partial charge in [-0.15, -0.1) is 0 Å². The first-order chi connectivity index (χ1) is 9.72. The Morgan fingerprint density at radius 2 is 2.00 bits per heavy atom. The lowest BCUT2D eigenvalue weighted by atomic mass is 10.1. The predicted molar refractivity (Wildman–Crippen MR) is 78.8 cm³/mol. The van der Waals surface area contributed by atoms with Crippen LogP contribution in [0.25, 0.3) is 0 Å². The lowest BCUT2D eigenvalue weighted by Gasteiger charge is -2.25. The van der Waals surface area contributed by atoms with Crippen LogP contribution in [0.5, 0.6) is 0 Å². The minimum atomic E-state index is 0.263. The predicted octanol–water partition coefficient (Wildman–Crippen LogP) is 2.69. The third kappa shape index (κ3) is 4.15. The zero-order valence-electron chi connectivity index (χ0n) is 12.7. The zero-order valence-corrected chi connectivity index (χ0v) is 12.7. The molecular formula is C15H25N3O2. The van der Waals surface area contributed by atoms with Crippen molar-refractivity contribution in [3.8, 4) is 0 Å². The molecule has 0 unspecified atom stereocenters. The van der Waals surface area contributed by atoms with Gasteiger partial charge >= 0.3 is 0 Å². The van der Waals surface area contributed by atoms with E-state index in [1.165, 1.54) is 19.3 Å². The van der Waals surface area contributed by atoms with Crippen molar-refractivity contribution in [1.82, 2.24) is 9.97 Å². The standard InChI is InChI=1S/C15H25N3O2/c1-11-9-14(18-15(16-11)10-19-2)17-12-7-5-4-6-8-13(12)20-3/h9,12-13H,4-8,10H2,1-3H3,(H,16,17,18)/t12-,13+/m0/s1. The number of methoxy groups -OCH3 is 2. The van der Waals surface area contributed by atoms with Crippen LogP contribution in [0.4, 0.5) is 5.82 Å². The van der Waals surface area contributed by atoms with Crippen molar-refractivity contribution in [3.05, 3.63) is 17.6 Å². The number of anilines is 1. The lowest BCUT2D eigenvalue weighted by Crippen LogP contribution is -2.34. The summed E-state index contributed by atoms with van der Waals surface area (Å²) in [6.07, 6.45) is 6.28. The zero-order chi connectivity index (χ0) is 14.4. The molecule has 1 aliphatic carbocycles. The molecule has 0 aromatic carbocycles. The fraction of sp³-hybridized carbons (Fsp3) is 0.733. The second-order valence-corrected chi connectivity index (χ2v) is 5.41. The van der Waals surface area contributed by atoms with Crippen molar-refractivity contribution in [2.75, 3.05) is 19.5 Å². The number of ether oxygens (including phenoxy) is 2. The number of hydrogen-bond acceptors (Lipinski definition) is 5. The molecule has 0 bridgehead atoms. The minimum Gasteiger partial charge on any atom is -0.379 e. The number of nitrogens with one attached hydrogen (secondary N) is 1. The molecule has 0 spiro atoms. The molecule has 1 aromatic heterocycles. The van der Waals surface area contributed by atoms with Gasteiger partial charge in [-0.2, -0.15) is 0 Å². The Kier molecular flexibility index (Phi) is 5.73. The van der Waals surface area contributed by atoms with Crippen LogP contribution >= 0.6 is 0 Å². The number of aryl methyl sites for hydroxylation is 1. The normalized spacial score (nSPS) is 23.4. The minimum absolute atomic E-state index is 0.263. The Hall–Kier alpha value is -1.20. The average molecular weight is 279 g/mol. The number of rotatable bonds is 5. The van der Waals surface area contributed by atoms with Crippen LogP contribution in [-0.4, -0.2) is 36.3 Å². The van der Waals surface area contributed by atoms with Gasteiger partial charge in [-0.05, 0) is 19.8 Å². The van der Waals surface area contributed by atoms with Crippen LogP contribution in [0.15, 0.2) is 6.07 Å². The van der Waals surface area contributed by atoms with E-state index in [0.29, 0.717) is 12.6 Å². The highest BCUT2D eigenvalue weighted by atomic mass is 16.5. The Morgan fingerprint density at radius 3 is 2.75 bits per heavy atom. The molecule has 112 valence electrons. The first-order valence-electron chi connectivity index (χ1n) is 7.35. The monoisotopic (exact) mass is 279 g/mol. The van der Waals surface area contributed by atoms with Gasteiger partial charge in [-0.1, -0.05) is 19.3 Å². The quantitative estimate of drug-likeness (QED) is 0.840. The lowest BCUT2D eigenvalue weighted by molar-refractivity contribution is 0.0805. The van der Waals surface area contributed by atoms with Crippen molar-refractivity contribution in [3.63, 3.8) is 0 Å². The molecule has 1 N–H and O–H groups in total. The average Bonchev–Trinajstić information content (AvgIpc) is 2.63. The second-order valence-electron chi connectivity index (χ2n) is 5.41. The van der Waals surface area contributed by atoms with Crippen LogP contribution in [0.3, 0.4) is 0 Å². The molecule has 0 aliphatic heterocycles. The highest BCUT2D eigenvalue weighted by Crippen LogP contribution is 2.23. The van der Waals surface area contributed by atoms with E-state index >= 15 is 0 Å². The van der Waals surface area contributed by atoms with Crippen LogP contribution in [0, 0.1) is 6.92 Å². The summed E-state index contributed by atoms with van der Waals surface area (Å²) in [6, 6.07) is 2.31. The molecule has 1 aliphatic rings. The summed E-state index contributed by atoms with van der Waals surface area (Å²) in [7, 11) is 3.46. The summed E-state index contributed by atoms with van der Waals surface area (Å²) in [6.45, 7) is 2.42. The molecule has 1 saturated carbocycles. The van der Waals surface area contributed by atoms with E-state index in [1.54, 1.807) is 14.2 Å². The molecule has 5 heteroatoms. The Labute approximate surface area is 121 Å². The Balaban J connectivity index is 2.10. The van der Waals surface area contributed by atoms with Crippen molar-refractivity contribution in [1.29, 1.82) is 0 Å². The van der Waals surface area contributed by atoms with Gasteiger partial charge in [-0.3, -0.25) is 0 Å². The topological polar surface area (TPSA) is 56.3 Å². The van der Waals surface area contributed by atoms with Crippen LogP contribution in [-0.2, 0) is 16.1 Å². The van der Waals surface area contributed by atoms with Crippen molar-refractivity contribution in [2.45, 2.75) is 57.8 Å². The third-order valence-corrected chi connectivity index (χ3v) is 3.76. The van der Waals surface area contributed by atoms with Crippen LogP contribution in [0.2, 0.25) is 0 Å². The fourth-order valence-electron chi connectivity index (χ4n) is 2.81. The van der Waals surface area contributed by atoms with Gasteiger partial charge in [0.15, 0.2) is 5.82 Å². The maximum Gasteiger partial charge on any atom is 0.156 e. The van der Waals surface area contributed by atoms with Crippen LogP contribution < -0.4 is 5.32 Å². The van der Waals surface area contributed by atoms with E-state index in [-0.39, 0.29) is 6.10 Å². The molecule has 1 aromatic rings. The summed E-state index contributed by atoms with van der Waals surface area (Å²) < 4.78 is 10.7. The number of aromatic nitrogens is 2. The van der Waals surface area contributed by atoms with Gasteiger partial charge in [0.2, 0.25) is 0 Å². The van der Waals surface area contributed by atoms with E-state index in [2.05, 4.69) is 15.3 Å². The van der Waals surface area contributed by atoms with Gasteiger partial charge in [0.1, 0.15) is 12.4 Å². The largest absolute Gasteiger partial charge is 0.379 e. The summed E-state index contributed by atoms with van der Waals surface area (Å²) in [5.74, 6) is 1.59. The van der Waals surface area contributed by atoms with E-state index in [1.807, 2.05) is 13.0 Å². The van der Waals surface area contributed by atoms with E-state index in [4.69, 9.17) is 9.47 Å². The molecular weight excluding hydrogens is 254 g/mol. The number of hydrogen-bond donors (Lipinski definition) is 1. The van der Waals surface area contributed by atoms with Crippen LogP contribution in [0.1, 0.15) is 43.6 Å². The van der Waals surface area contributed by atoms with Gasteiger partial charge in [0.05, 0.1) is 12.1 Å². The first kappa shape index (κ1) is 15.2. The fourth-order valence-corrected chi connectivity index (χ4v) is 2.81. The molecule has 1 fully saturated rings. The summed E-state index contributed by atoms with van der Waals surface area (Å²) >= 11 is 0. The summed E-state index contributed by atoms with van der Waals surface area (Å²) in [5.41, 5.74) is 0.956. The van der Waals surface area contributed by atoms with Crippen molar-refractivity contribution < 1.29 is 9.47 Å². The molecule has 5 nitrogen and oxygen atoms in total. The molecule has 2 atom stereocenters. The first-order valence-corrected chi connectivity index (χ1v) is 7.35. The van der Waals surface area contributed by atoms with Gasteiger partial charge in [0.25, 0.3) is 0 Å². The molecule has 1 heterocycles. The molecule has 20 heavy (non-hydrogen) atoms. The number of nitrogens with zero attached hydrogens (tertiary/aromatic N) is 2. The second kappa shape index (κ2) is 7.55. The molecule has 0 radical (unpaired) electrons. The smallest absolute Gasteiger partial charge is 0.156 e. The maximum absolute atomic E-state index is 5.63. The van der Waals surface area contributed by atoms with Crippen molar-refractivity contribution in [2.24, 2.45) is 0 Å². The van der Waals surface area contributed by atoms with E-state index in [9.17, 15) is 0 Å². The third-order valence-electron chi connectivity index (χ3n) is 3.76. The molecule has 2 rings (SSSR count). The summed E-state index contributed by atoms with van der Waals surface area (Å²) in [5, 5.41) is 3.53. The van der Waals surface area contributed by atoms with E-state index < -0.39 is 0 Å². The highest BCUT2D eigenvalue weighted by Gasteiger charge is 2.23. The Morgan fingerprint density at radius 1 is 1.20 bits per heavy atom. The summed E-state index contributed by atoms with van der Waals surface area (Å²) in [4.78, 5) is 8.88. The van der Waals surface area contributed by atoms with Gasteiger partial charge in [-0.25, -0.2) is 9.97 Å². The maximum atomic E-state index is 5.63. The SMILES string of the molecule is COCc1nc(C)cc(N[C@H]2CCCCC[C@H]2OC)n1. The Bertz CT molecular complexity index is 426. The highest BCUT2D eigenvalue weighted by molar-refractivity contribution is 5.37. The molecule has 0 saturated heterocycles. The van der Waals surface area contributed by atoms with Crippen molar-refractivity contribution >= 4 is 5.82 Å². The van der Waals surface area contributed by atoms with E-state index in [0.717, 1.165) is 30.2 Å². The van der Waals surface area contributed by atoms with Gasteiger partial charge < -0.3 is 14.8 Å².